The fourth-order valence-electron chi connectivity index (χ4n) is 3.16. The van der Waals surface area contributed by atoms with Gasteiger partial charge in [-0.1, -0.05) is 38.3 Å². The molecule has 0 saturated heterocycles. The summed E-state index contributed by atoms with van der Waals surface area (Å²) in [6.45, 7) is 3.51. The molecule has 1 fully saturated rings. The molecule has 1 aromatic rings. The highest BCUT2D eigenvalue weighted by molar-refractivity contribution is 5.81. The third-order valence-corrected chi connectivity index (χ3v) is 4.67. The SMILES string of the molecule is CCC(OC1CCCCC1)C(=O)NC(C)c1ccc(OCC(=O)O)cc1. The number of hydrogen-bond acceptors (Lipinski definition) is 4. The Labute approximate surface area is 154 Å². The van der Waals surface area contributed by atoms with Crippen LogP contribution in [0.15, 0.2) is 24.3 Å². The third-order valence-electron chi connectivity index (χ3n) is 4.67. The number of carbonyl (C=O) groups is 2. The predicted molar refractivity (Wildman–Crippen MR) is 98.2 cm³/mol. The molecular formula is C20H29NO5. The van der Waals surface area contributed by atoms with Gasteiger partial charge in [-0.3, -0.25) is 4.79 Å². The van der Waals surface area contributed by atoms with Crippen LogP contribution in [-0.2, 0) is 14.3 Å². The molecular weight excluding hydrogens is 334 g/mol. The molecule has 1 aliphatic carbocycles. The van der Waals surface area contributed by atoms with E-state index >= 15 is 0 Å². The van der Waals surface area contributed by atoms with E-state index in [9.17, 15) is 9.59 Å². The molecule has 0 aliphatic heterocycles. The zero-order valence-electron chi connectivity index (χ0n) is 15.6. The maximum atomic E-state index is 12.6. The molecule has 1 aromatic carbocycles. The largest absolute Gasteiger partial charge is 0.482 e. The average molecular weight is 363 g/mol. The van der Waals surface area contributed by atoms with E-state index in [1.807, 2.05) is 26.0 Å². The highest BCUT2D eigenvalue weighted by atomic mass is 16.5. The molecule has 6 heteroatoms. The molecule has 1 saturated carbocycles. The molecule has 0 spiro atoms. The minimum Gasteiger partial charge on any atom is -0.482 e. The van der Waals surface area contributed by atoms with Gasteiger partial charge in [0.1, 0.15) is 11.9 Å². The maximum absolute atomic E-state index is 12.6. The van der Waals surface area contributed by atoms with Gasteiger partial charge >= 0.3 is 5.97 Å². The first-order valence-corrected chi connectivity index (χ1v) is 9.40. The summed E-state index contributed by atoms with van der Waals surface area (Å²) in [5.41, 5.74) is 0.925. The number of ether oxygens (including phenoxy) is 2. The van der Waals surface area contributed by atoms with Gasteiger partial charge in [0.25, 0.3) is 0 Å². The van der Waals surface area contributed by atoms with Crippen LogP contribution in [-0.4, -0.2) is 35.8 Å². The van der Waals surface area contributed by atoms with Crippen molar-refractivity contribution in [2.45, 2.75) is 70.6 Å². The van der Waals surface area contributed by atoms with Crippen LogP contribution in [0.5, 0.6) is 5.75 Å². The van der Waals surface area contributed by atoms with Crippen LogP contribution in [0.1, 0.15) is 64.0 Å². The molecule has 2 unspecified atom stereocenters. The van der Waals surface area contributed by atoms with Gasteiger partial charge in [0.2, 0.25) is 5.91 Å². The smallest absolute Gasteiger partial charge is 0.341 e. The van der Waals surface area contributed by atoms with Crippen molar-refractivity contribution in [3.05, 3.63) is 29.8 Å². The van der Waals surface area contributed by atoms with E-state index in [1.54, 1.807) is 12.1 Å². The second-order valence-electron chi connectivity index (χ2n) is 6.77. The van der Waals surface area contributed by atoms with Crippen LogP contribution in [0.3, 0.4) is 0 Å². The molecule has 0 radical (unpaired) electrons. The van der Waals surface area contributed by atoms with Crippen molar-refractivity contribution in [1.82, 2.24) is 5.32 Å². The molecule has 1 aliphatic rings. The molecule has 0 bridgehead atoms. The van der Waals surface area contributed by atoms with Gasteiger partial charge in [0.05, 0.1) is 12.1 Å². The van der Waals surface area contributed by atoms with Crippen molar-refractivity contribution in [2.24, 2.45) is 0 Å². The summed E-state index contributed by atoms with van der Waals surface area (Å²) in [7, 11) is 0. The molecule has 26 heavy (non-hydrogen) atoms. The Hall–Kier alpha value is -2.08. The van der Waals surface area contributed by atoms with Gasteiger partial charge < -0.3 is 19.9 Å². The minimum absolute atomic E-state index is 0.0863. The number of nitrogens with one attached hydrogen (secondary N) is 1. The summed E-state index contributed by atoms with van der Waals surface area (Å²) in [5, 5.41) is 11.6. The highest BCUT2D eigenvalue weighted by Gasteiger charge is 2.24. The Balaban J connectivity index is 1.86. The first-order valence-electron chi connectivity index (χ1n) is 9.40. The number of carboxylic acids is 1. The molecule has 0 heterocycles. The van der Waals surface area contributed by atoms with E-state index in [4.69, 9.17) is 14.6 Å². The molecule has 0 aromatic heterocycles. The number of carboxylic acid groups (broad SMARTS) is 1. The Morgan fingerprint density at radius 3 is 2.42 bits per heavy atom. The van der Waals surface area contributed by atoms with Gasteiger partial charge in [-0.15, -0.1) is 0 Å². The zero-order valence-corrected chi connectivity index (χ0v) is 15.6. The highest BCUT2D eigenvalue weighted by Crippen LogP contribution is 2.23. The van der Waals surface area contributed by atoms with E-state index in [0.717, 1.165) is 18.4 Å². The van der Waals surface area contributed by atoms with Gasteiger partial charge in [-0.05, 0) is 43.9 Å². The van der Waals surface area contributed by atoms with Gasteiger partial charge in [0, 0.05) is 0 Å². The van der Waals surface area contributed by atoms with Crippen LogP contribution in [0.2, 0.25) is 0 Å². The van der Waals surface area contributed by atoms with Crippen LogP contribution in [0.25, 0.3) is 0 Å². The fraction of sp³-hybridized carbons (Fsp3) is 0.600. The lowest BCUT2D eigenvalue weighted by atomic mass is 9.97. The number of amides is 1. The summed E-state index contributed by atoms with van der Waals surface area (Å²) in [4.78, 5) is 23.1. The lowest BCUT2D eigenvalue weighted by molar-refractivity contribution is -0.139. The zero-order chi connectivity index (χ0) is 18.9. The Morgan fingerprint density at radius 2 is 1.85 bits per heavy atom. The average Bonchev–Trinajstić information content (AvgIpc) is 2.65. The first-order chi connectivity index (χ1) is 12.5. The van der Waals surface area contributed by atoms with E-state index in [2.05, 4.69) is 5.32 Å². The monoisotopic (exact) mass is 363 g/mol. The Morgan fingerprint density at radius 1 is 1.19 bits per heavy atom. The second kappa shape index (κ2) is 10.2. The van der Waals surface area contributed by atoms with Crippen molar-refractivity contribution in [2.75, 3.05) is 6.61 Å². The van der Waals surface area contributed by atoms with E-state index in [-0.39, 0.29) is 24.7 Å². The quantitative estimate of drug-likeness (QED) is 0.702. The van der Waals surface area contributed by atoms with Crippen molar-refractivity contribution < 1.29 is 24.2 Å². The number of rotatable bonds is 9. The first kappa shape index (κ1) is 20.2. The van der Waals surface area contributed by atoms with Crippen molar-refractivity contribution in [3.8, 4) is 5.75 Å². The van der Waals surface area contributed by atoms with Crippen LogP contribution in [0.4, 0.5) is 0 Å². The maximum Gasteiger partial charge on any atom is 0.341 e. The number of carbonyl (C=O) groups excluding carboxylic acids is 1. The molecule has 2 rings (SSSR count). The predicted octanol–water partition coefficient (Wildman–Crippen LogP) is 3.46. The Kier molecular flexibility index (Phi) is 7.91. The summed E-state index contributed by atoms with van der Waals surface area (Å²) in [6.07, 6.45) is 6.11. The summed E-state index contributed by atoms with van der Waals surface area (Å²) in [6, 6.07) is 6.89. The van der Waals surface area contributed by atoms with Crippen LogP contribution >= 0.6 is 0 Å². The van der Waals surface area contributed by atoms with Gasteiger partial charge in [0.15, 0.2) is 6.61 Å². The molecule has 144 valence electrons. The number of hydrogen-bond donors (Lipinski definition) is 2. The molecule has 6 nitrogen and oxygen atoms in total. The van der Waals surface area contributed by atoms with Gasteiger partial charge in [-0.25, -0.2) is 4.79 Å². The Bertz CT molecular complexity index is 580. The number of aliphatic carboxylic acids is 1. The van der Waals surface area contributed by atoms with Crippen LogP contribution < -0.4 is 10.1 Å². The minimum atomic E-state index is -1.02. The fourth-order valence-corrected chi connectivity index (χ4v) is 3.16. The lowest BCUT2D eigenvalue weighted by Gasteiger charge is -2.27. The topological polar surface area (TPSA) is 84.9 Å². The summed E-state index contributed by atoms with van der Waals surface area (Å²) < 4.78 is 11.1. The molecule has 1 amide bonds. The third kappa shape index (κ3) is 6.33. The van der Waals surface area contributed by atoms with Crippen LogP contribution in [0, 0.1) is 0 Å². The van der Waals surface area contributed by atoms with E-state index in [0.29, 0.717) is 12.2 Å². The summed E-state index contributed by atoms with van der Waals surface area (Å²) in [5.74, 6) is -0.614. The summed E-state index contributed by atoms with van der Waals surface area (Å²) >= 11 is 0. The standard InChI is InChI=1S/C20H29NO5/c1-3-18(26-17-7-5-4-6-8-17)20(24)21-14(2)15-9-11-16(12-10-15)25-13-19(22)23/h9-12,14,17-18H,3-8,13H2,1-2H3,(H,21,24)(H,22,23). The molecule has 2 N–H and O–H groups in total. The molecule has 2 atom stereocenters. The van der Waals surface area contributed by atoms with Crippen molar-refractivity contribution in [3.63, 3.8) is 0 Å². The van der Waals surface area contributed by atoms with E-state index < -0.39 is 12.1 Å². The van der Waals surface area contributed by atoms with Crippen molar-refractivity contribution >= 4 is 11.9 Å². The van der Waals surface area contributed by atoms with Crippen molar-refractivity contribution in [1.29, 1.82) is 0 Å². The lowest BCUT2D eigenvalue weighted by Crippen LogP contribution is -2.39. The second-order valence-corrected chi connectivity index (χ2v) is 6.77. The number of benzene rings is 1. The van der Waals surface area contributed by atoms with E-state index in [1.165, 1.54) is 19.3 Å². The normalized spacial score (nSPS) is 17.3. The van der Waals surface area contributed by atoms with Gasteiger partial charge in [-0.2, -0.15) is 0 Å².